The normalized spacial score (nSPS) is 11.2. The number of amides is 1. The van der Waals surface area contributed by atoms with Crippen molar-refractivity contribution in [2.24, 2.45) is 5.10 Å². The SMILES string of the molecule is Cc1ccccc1-n1c(C)cc(/C=N/NC(=O)c2ccc(-n3c(C)ccc3-c3ccccc3)cc2)c1C. The second-order valence-electron chi connectivity index (χ2n) is 9.26. The molecule has 0 radical (unpaired) electrons. The van der Waals surface area contributed by atoms with Crippen LogP contribution >= 0.6 is 0 Å². The van der Waals surface area contributed by atoms with Gasteiger partial charge in [0.25, 0.3) is 5.91 Å². The second kappa shape index (κ2) is 10.2. The smallest absolute Gasteiger partial charge is 0.271 e. The van der Waals surface area contributed by atoms with E-state index in [1.165, 1.54) is 5.56 Å². The summed E-state index contributed by atoms with van der Waals surface area (Å²) in [5, 5.41) is 4.25. The first-order valence-corrected chi connectivity index (χ1v) is 12.4. The van der Waals surface area contributed by atoms with E-state index in [4.69, 9.17) is 0 Å². The number of aromatic nitrogens is 2. The quantitative estimate of drug-likeness (QED) is 0.205. The van der Waals surface area contributed by atoms with Crippen LogP contribution in [-0.2, 0) is 0 Å². The molecule has 0 saturated heterocycles. The lowest BCUT2D eigenvalue weighted by atomic mass is 10.1. The minimum atomic E-state index is -0.247. The summed E-state index contributed by atoms with van der Waals surface area (Å²) >= 11 is 0. The molecule has 1 N–H and O–H groups in total. The summed E-state index contributed by atoms with van der Waals surface area (Å²) < 4.78 is 4.41. The highest BCUT2D eigenvalue weighted by Crippen LogP contribution is 2.26. The molecule has 1 amide bonds. The third-order valence-electron chi connectivity index (χ3n) is 6.73. The van der Waals surface area contributed by atoms with Gasteiger partial charge in [-0.2, -0.15) is 5.10 Å². The van der Waals surface area contributed by atoms with E-state index in [9.17, 15) is 4.79 Å². The van der Waals surface area contributed by atoms with Crippen molar-refractivity contribution >= 4 is 12.1 Å². The van der Waals surface area contributed by atoms with E-state index in [0.717, 1.165) is 45.3 Å². The maximum Gasteiger partial charge on any atom is 0.271 e. The fraction of sp³-hybridized carbons (Fsp3) is 0.125. The molecule has 5 nitrogen and oxygen atoms in total. The van der Waals surface area contributed by atoms with Gasteiger partial charge < -0.3 is 9.13 Å². The molecule has 2 aromatic heterocycles. The molecule has 0 bridgehead atoms. The average Bonchev–Trinajstić information content (AvgIpc) is 3.43. The Bertz CT molecular complexity index is 1590. The fourth-order valence-electron chi connectivity index (χ4n) is 4.81. The predicted octanol–water partition coefficient (Wildman–Crippen LogP) is 6.93. The van der Waals surface area contributed by atoms with Crippen LogP contribution in [0.5, 0.6) is 0 Å². The number of para-hydroxylation sites is 1. The van der Waals surface area contributed by atoms with Crippen LogP contribution in [0, 0.1) is 27.7 Å². The number of aryl methyl sites for hydroxylation is 3. The van der Waals surface area contributed by atoms with Gasteiger partial charge in [0.15, 0.2) is 0 Å². The number of carbonyl (C=O) groups is 1. The molecule has 2 heterocycles. The number of hydrazone groups is 1. The molecule has 0 fully saturated rings. The van der Waals surface area contributed by atoms with E-state index in [-0.39, 0.29) is 5.91 Å². The molecule has 37 heavy (non-hydrogen) atoms. The third-order valence-corrected chi connectivity index (χ3v) is 6.73. The van der Waals surface area contributed by atoms with Crippen LogP contribution in [0.1, 0.15) is 38.6 Å². The monoisotopic (exact) mass is 486 g/mol. The summed E-state index contributed by atoms with van der Waals surface area (Å²) in [7, 11) is 0. The van der Waals surface area contributed by atoms with Crippen molar-refractivity contribution in [3.8, 4) is 22.6 Å². The molecular formula is C32H30N4O. The zero-order valence-electron chi connectivity index (χ0n) is 21.6. The summed E-state index contributed by atoms with van der Waals surface area (Å²) in [6, 6.07) is 32.5. The van der Waals surface area contributed by atoms with Gasteiger partial charge in [-0.3, -0.25) is 4.79 Å². The highest BCUT2D eigenvalue weighted by atomic mass is 16.2. The minimum Gasteiger partial charge on any atom is -0.318 e. The number of nitrogens with zero attached hydrogens (tertiary/aromatic N) is 3. The Hall–Kier alpha value is -4.64. The van der Waals surface area contributed by atoms with Gasteiger partial charge in [-0.05, 0) is 87.4 Å². The predicted molar refractivity (Wildman–Crippen MR) is 151 cm³/mol. The van der Waals surface area contributed by atoms with Crippen LogP contribution in [0.3, 0.4) is 0 Å². The van der Waals surface area contributed by atoms with Gasteiger partial charge in [-0.25, -0.2) is 5.43 Å². The van der Waals surface area contributed by atoms with Crippen molar-refractivity contribution < 1.29 is 4.79 Å². The lowest BCUT2D eigenvalue weighted by molar-refractivity contribution is 0.0955. The van der Waals surface area contributed by atoms with Crippen molar-refractivity contribution in [2.45, 2.75) is 27.7 Å². The highest BCUT2D eigenvalue weighted by Gasteiger charge is 2.12. The molecule has 184 valence electrons. The summed E-state index contributed by atoms with van der Waals surface area (Å²) in [5.74, 6) is -0.247. The van der Waals surface area contributed by atoms with Crippen molar-refractivity contribution in [1.82, 2.24) is 14.6 Å². The van der Waals surface area contributed by atoms with Gasteiger partial charge in [0, 0.05) is 39.6 Å². The van der Waals surface area contributed by atoms with Gasteiger partial charge in [-0.15, -0.1) is 0 Å². The van der Waals surface area contributed by atoms with Crippen LogP contribution in [0.4, 0.5) is 0 Å². The summed E-state index contributed by atoms with van der Waals surface area (Å²) in [5.41, 5.74) is 13.1. The van der Waals surface area contributed by atoms with E-state index in [2.05, 4.69) is 89.8 Å². The maximum atomic E-state index is 12.8. The molecule has 5 aromatic rings. The van der Waals surface area contributed by atoms with Gasteiger partial charge in [0.2, 0.25) is 0 Å². The Balaban J connectivity index is 1.32. The summed E-state index contributed by atoms with van der Waals surface area (Å²) in [6.45, 7) is 8.33. The second-order valence-corrected chi connectivity index (χ2v) is 9.26. The lowest BCUT2D eigenvalue weighted by Crippen LogP contribution is -2.17. The van der Waals surface area contributed by atoms with E-state index in [1.54, 1.807) is 6.21 Å². The zero-order chi connectivity index (χ0) is 25.9. The number of benzene rings is 3. The first-order chi connectivity index (χ1) is 17.9. The first-order valence-electron chi connectivity index (χ1n) is 12.4. The Kier molecular flexibility index (Phi) is 6.60. The molecule has 0 atom stereocenters. The van der Waals surface area contributed by atoms with Gasteiger partial charge in [0.1, 0.15) is 0 Å². The van der Waals surface area contributed by atoms with Gasteiger partial charge in [0.05, 0.1) is 11.9 Å². The molecule has 3 aromatic carbocycles. The number of hydrogen-bond acceptors (Lipinski definition) is 2. The molecule has 0 aliphatic carbocycles. The average molecular weight is 487 g/mol. The molecule has 0 spiro atoms. The highest BCUT2D eigenvalue weighted by molar-refractivity contribution is 5.95. The molecule has 5 rings (SSSR count). The molecule has 5 heteroatoms. The Morgan fingerprint density at radius 3 is 2.19 bits per heavy atom. The first kappa shape index (κ1) is 24.1. The molecule has 0 aliphatic rings. The van der Waals surface area contributed by atoms with E-state index >= 15 is 0 Å². The van der Waals surface area contributed by atoms with Crippen LogP contribution in [0.2, 0.25) is 0 Å². The minimum absolute atomic E-state index is 0.247. The van der Waals surface area contributed by atoms with Crippen LogP contribution < -0.4 is 5.43 Å². The molecular weight excluding hydrogens is 456 g/mol. The number of hydrogen-bond donors (Lipinski definition) is 1. The van der Waals surface area contributed by atoms with E-state index in [0.29, 0.717) is 5.56 Å². The van der Waals surface area contributed by atoms with E-state index in [1.807, 2.05) is 54.6 Å². The van der Waals surface area contributed by atoms with Crippen LogP contribution in [0.15, 0.2) is 102 Å². The number of carbonyl (C=O) groups excluding carboxylic acids is 1. The Morgan fingerprint density at radius 2 is 1.46 bits per heavy atom. The van der Waals surface area contributed by atoms with Crippen LogP contribution in [0.25, 0.3) is 22.6 Å². The lowest BCUT2D eigenvalue weighted by Gasteiger charge is -2.13. The van der Waals surface area contributed by atoms with Gasteiger partial charge in [-0.1, -0.05) is 48.5 Å². The Morgan fingerprint density at radius 1 is 0.757 bits per heavy atom. The summed E-state index contributed by atoms with van der Waals surface area (Å²) in [6.07, 6.45) is 1.71. The van der Waals surface area contributed by atoms with E-state index < -0.39 is 0 Å². The van der Waals surface area contributed by atoms with Gasteiger partial charge >= 0.3 is 0 Å². The number of rotatable bonds is 6. The molecule has 0 unspecified atom stereocenters. The van der Waals surface area contributed by atoms with Crippen molar-refractivity contribution in [3.63, 3.8) is 0 Å². The molecule has 0 aliphatic heterocycles. The number of nitrogens with one attached hydrogen (secondary N) is 1. The third kappa shape index (κ3) is 4.76. The zero-order valence-corrected chi connectivity index (χ0v) is 21.6. The van der Waals surface area contributed by atoms with Crippen molar-refractivity contribution in [1.29, 1.82) is 0 Å². The van der Waals surface area contributed by atoms with Crippen LogP contribution in [-0.4, -0.2) is 21.3 Å². The molecule has 0 saturated carbocycles. The standard InChI is InChI=1S/C32H30N4O/c1-22-10-8-9-13-30(22)35-24(3)20-28(25(35)4)21-33-34-32(37)27-15-17-29(18-16-27)36-23(2)14-19-31(36)26-11-6-5-7-12-26/h5-21H,1-4H3,(H,34,37)/b33-21+. The topological polar surface area (TPSA) is 51.3 Å². The maximum absolute atomic E-state index is 12.8. The summed E-state index contributed by atoms with van der Waals surface area (Å²) in [4.78, 5) is 12.8. The fourth-order valence-corrected chi connectivity index (χ4v) is 4.81. The largest absolute Gasteiger partial charge is 0.318 e. The Labute approximate surface area is 217 Å². The van der Waals surface area contributed by atoms with Crippen molar-refractivity contribution in [2.75, 3.05) is 0 Å². The van der Waals surface area contributed by atoms with Crippen molar-refractivity contribution in [3.05, 3.63) is 131 Å².